The van der Waals surface area contributed by atoms with Crippen molar-refractivity contribution >= 4 is 11.8 Å². The monoisotopic (exact) mass is 140 g/mol. The molecule has 0 bridgehead atoms. The number of hydrogen-bond acceptors (Lipinski definition) is 3. The van der Waals surface area contributed by atoms with E-state index in [9.17, 15) is 0 Å². The van der Waals surface area contributed by atoms with Crippen molar-refractivity contribution in [3.05, 3.63) is 0 Å². The summed E-state index contributed by atoms with van der Waals surface area (Å²) in [6.45, 7) is 1.88. The Kier molecular flexibility index (Phi) is 3.92. The van der Waals surface area contributed by atoms with Crippen LogP contribution in [0.1, 0.15) is 6.92 Å². The van der Waals surface area contributed by atoms with Crippen molar-refractivity contribution in [1.82, 2.24) is 0 Å². The predicted octanol–water partition coefficient (Wildman–Crippen LogP) is 1.40. The van der Waals surface area contributed by atoms with Crippen molar-refractivity contribution < 1.29 is 0 Å². The van der Waals surface area contributed by atoms with Crippen LogP contribution in [0.3, 0.4) is 0 Å². The average molecular weight is 140 g/mol. The highest BCUT2D eigenvalue weighted by atomic mass is 32.2. The van der Waals surface area contributed by atoms with Crippen LogP contribution in [0, 0.1) is 28.6 Å². The summed E-state index contributed by atoms with van der Waals surface area (Å²) in [5.41, 5.74) is 0. The fraction of sp³-hybridized carbons (Fsp3) is 0.667. The summed E-state index contributed by atoms with van der Waals surface area (Å²) in [5, 5.41) is 16.8. The molecule has 0 aromatic heterocycles. The van der Waals surface area contributed by atoms with Gasteiger partial charge in [-0.1, -0.05) is 6.92 Å². The highest BCUT2D eigenvalue weighted by Crippen LogP contribution is 2.14. The quantitative estimate of drug-likeness (QED) is 0.582. The fourth-order valence-corrected chi connectivity index (χ4v) is 0.769. The summed E-state index contributed by atoms with van der Waals surface area (Å²) in [5.74, 6) is -0.458. The third-order valence-corrected chi connectivity index (χ3v) is 2.14. The van der Waals surface area contributed by atoms with Crippen LogP contribution >= 0.6 is 11.8 Å². The van der Waals surface area contributed by atoms with E-state index in [-0.39, 0.29) is 5.25 Å². The summed E-state index contributed by atoms with van der Waals surface area (Å²) in [6, 6.07) is 3.84. The van der Waals surface area contributed by atoms with Gasteiger partial charge in [0.15, 0.2) is 0 Å². The summed E-state index contributed by atoms with van der Waals surface area (Å²) in [4.78, 5) is 0. The van der Waals surface area contributed by atoms with E-state index in [1.54, 1.807) is 0 Å². The van der Waals surface area contributed by atoms with E-state index in [4.69, 9.17) is 10.5 Å². The normalized spacial score (nSPS) is 12.1. The Hall–Kier alpha value is -0.670. The third-order valence-electron chi connectivity index (χ3n) is 1.12. The molecule has 0 spiro atoms. The second kappa shape index (κ2) is 4.23. The molecule has 0 N–H and O–H groups in total. The molecule has 0 aromatic carbocycles. The molecule has 0 fully saturated rings. The molecule has 0 amide bonds. The van der Waals surface area contributed by atoms with Crippen LogP contribution in [0.5, 0.6) is 0 Å². The van der Waals surface area contributed by atoms with Crippen LogP contribution in [0.25, 0.3) is 0 Å². The smallest absolute Gasteiger partial charge is 0.144 e. The fourth-order valence-electron chi connectivity index (χ4n) is 0.375. The Morgan fingerprint density at radius 3 is 1.89 bits per heavy atom. The van der Waals surface area contributed by atoms with Crippen molar-refractivity contribution in [3.63, 3.8) is 0 Å². The minimum absolute atomic E-state index is 0.125. The van der Waals surface area contributed by atoms with Gasteiger partial charge >= 0.3 is 0 Å². The molecule has 3 heteroatoms. The third kappa shape index (κ3) is 2.39. The van der Waals surface area contributed by atoms with E-state index in [1.165, 1.54) is 11.8 Å². The van der Waals surface area contributed by atoms with Crippen LogP contribution in [-0.4, -0.2) is 11.5 Å². The lowest BCUT2D eigenvalue weighted by Crippen LogP contribution is -2.08. The Morgan fingerprint density at radius 1 is 1.33 bits per heavy atom. The predicted molar refractivity (Wildman–Crippen MR) is 37.7 cm³/mol. The van der Waals surface area contributed by atoms with Crippen molar-refractivity contribution in [3.8, 4) is 12.1 Å². The first-order chi connectivity index (χ1) is 4.26. The summed E-state index contributed by atoms with van der Waals surface area (Å²) >= 11 is 1.54. The van der Waals surface area contributed by atoms with Gasteiger partial charge in [0.05, 0.1) is 12.1 Å². The number of hydrogen-bond donors (Lipinski definition) is 0. The molecule has 0 rings (SSSR count). The topological polar surface area (TPSA) is 47.6 Å². The van der Waals surface area contributed by atoms with Gasteiger partial charge in [0.1, 0.15) is 5.92 Å². The molecule has 1 atom stereocenters. The largest absolute Gasteiger partial charge is 0.197 e. The molecule has 0 aromatic rings. The van der Waals surface area contributed by atoms with Crippen LogP contribution in [0.2, 0.25) is 0 Å². The highest BCUT2D eigenvalue weighted by Gasteiger charge is 2.13. The summed E-state index contributed by atoms with van der Waals surface area (Å²) < 4.78 is 0. The van der Waals surface area contributed by atoms with Gasteiger partial charge in [-0.25, -0.2) is 0 Å². The molecule has 2 nitrogen and oxygen atoms in total. The molecular weight excluding hydrogens is 132 g/mol. The van der Waals surface area contributed by atoms with E-state index in [1.807, 2.05) is 25.3 Å². The second-order valence-corrected chi connectivity index (χ2v) is 2.89. The van der Waals surface area contributed by atoms with Gasteiger partial charge in [-0.05, 0) is 6.26 Å². The van der Waals surface area contributed by atoms with E-state index in [2.05, 4.69) is 0 Å². The molecular formula is C6H8N2S. The maximum atomic E-state index is 8.34. The Labute approximate surface area is 59.5 Å². The first kappa shape index (κ1) is 8.33. The number of nitrogens with zero attached hydrogens (tertiary/aromatic N) is 2. The minimum Gasteiger partial charge on any atom is -0.197 e. The molecule has 0 saturated carbocycles. The van der Waals surface area contributed by atoms with Gasteiger partial charge in [0, 0.05) is 5.25 Å². The van der Waals surface area contributed by atoms with E-state index in [0.29, 0.717) is 0 Å². The van der Waals surface area contributed by atoms with E-state index < -0.39 is 5.92 Å². The van der Waals surface area contributed by atoms with Crippen LogP contribution < -0.4 is 0 Å². The summed E-state index contributed by atoms with van der Waals surface area (Å²) in [7, 11) is 0. The molecule has 48 valence electrons. The zero-order valence-electron chi connectivity index (χ0n) is 5.46. The van der Waals surface area contributed by atoms with Crippen molar-refractivity contribution in [2.75, 3.05) is 6.26 Å². The van der Waals surface area contributed by atoms with Crippen LogP contribution in [0.15, 0.2) is 0 Å². The Morgan fingerprint density at radius 2 is 1.78 bits per heavy atom. The van der Waals surface area contributed by atoms with Crippen molar-refractivity contribution in [1.29, 1.82) is 10.5 Å². The average Bonchev–Trinajstić information content (AvgIpc) is 1.90. The SMILES string of the molecule is CSC(C)C(C#N)C#N. The molecule has 0 heterocycles. The standard InChI is InChI=1S/C6H8N2S/c1-5(9-2)6(3-7)4-8/h5-6H,1-2H3. The molecule has 1 unspecified atom stereocenters. The summed E-state index contributed by atoms with van der Waals surface area (Å²) in [6.07, 6.45) is 1.90. The molecule has 0 aliphatic rings. The maximum absolute atomic E-state index is 8.34. The molecule has 0 aliphatic heterocycles. The van der Waals surface area contributed by atoms with Gasteiger partial charge in [0.25, 0.3) is 0 Å². The first-order valence-electron chi connectivity index (χ1n) is 2.58. The van der Waals surface area contributed by atoms with E-state index >= 15 is 0 Å². The number of nitriles is 2. The van der Waals surface area contributed by atoms with Gasteiger partial charge in [-0.3, -0.25) is 0 Å². The first-order valence-corrected chi connectivity index (χ1v) is 3.87. The zero-order chi connectivity index (χ0) is 7.28. The second-order valence-electron chi connectivity index (χ2n) is 1.68. The van der Waals surface area contributed by atoms with Gasteiger partial charge in [-0.15, -0.1) is 0 Å². The lowest BCUT2D eigenvalue weighted by Gasteiger charge is -2.05. The molecule has 9 heavy (non-hydrogen) atoms. The van der Waals surface area contributed by atoms with Crippen molar-refractivity contribution in [2.24, 2.45) is 5.92 Å². The van der Waals surface area contributed by atoms with Crippen LogP contribution in [0.4, 0.5) is 0 Å². The maximum Gasteiger partial charge on any atom is 0.144 e. The molecule has 0 aliphatic carbocycles. The minimum atomic E-state index is -0.458. The lowest BCUT2D eigenvalue weighted by atomic mass is 10.1. The van der Waals surface area contributed by atoms with Crippen LogP contribution in [-0.2, 0) is 0 Å². The Bertz CT molecular complexity index is 139. The van der Waals surface area contributed by atoms with Gasteiger partial charge in [0.2, 0.25) is 0 Å². The van der Waals surface area contributed by atoms with Crippen molar-refractivity contribution in [2.45, 2.75) is 12.2 Å². The molecule has 0 radical (unpaired) electrons. The number of rotatable bonds is 2. The molecule has 0 saturated heterocycles. The Balaban J connectivity index is 3.87. The highest BCUT2D eigenvalue weighted by molar-refractivity contribution is 7.99. The zero-order valence-corrected chi connectivity index (χ0v) is 6.27. The van der Waals surface area contributed by atoms with Gasteiger partial charge in [-0.2, -0.15) is 22.3 Å². The lowest BCUT2D eigenvalue weighted by molar-refractivity contribution is 0.824. The van der Waals surface area contributed by atoms with Gasteiger partial charge < -0.3 is 0 Å². The van der Waals surface area contributed by atoms with E-state index in [0.717, 1.165) is 0 Å². The number of thioether (sulfide) groups is 1.